The Balaban J connectivity index is 1.55. The van der Waals surface area contributed by atoms with Gasteiger partial charge < -0.3 is 24.2 Å². The number of fused-ring (bicyclic) bond motifs is 1. The van der Waals surface area contributed by atoms with Gasteiger partial charge in [0, 0.05) is 67.0 Å². The molecule has 2 aromatic carbocycles. The number of aromatic amines is 1. The van der Waals surface area contributed by atoms with Gasteiger partial charge in [0.2, 0.25) is 10.0 Å². The van der Waals surface area contributed by atoms with Crippen LogP contribution in [0.5, 0.6) is 11.5 Å². The van der Waals surface area contributed by atoms with Crippen molar-refractivity contribution in [2.45, 2.75) is 19.9 Å². The first-order chi connectivity index (χ1) is 20.5. The maximum atomic E-state index is 14.5. The highest BCUT2D eigenvalue weighted by Crippen LogP contribution is 2.40. The van der Waals surface area contributed by atoms with Crippen molar-refractivity contribution in [3.63, 3.8) is 0 Å². The zero-order chi connectivity index (χ0) is 30.7. The SMILES string of the molecule is CCS(=O)(=O)Nc1ccc(Oc2ccc(F)cc2F)c(-c2cn(C)c3c(=O)[nH]c(C(=O)NCCCn4ccnc4)cc23)c1. The van der Waals surface area contributed by atoms with Crippen molar-refractivity contribution in [2.75, 3.05) is 17.0 Å². The molecular formula is C29H28F2N6O5S. The van der Waals surface area contributed by atoms with E-state index in [0.29, 0.717) is 42.1 Å². The normalized spacial score (nSPS) is 11.5. The van der Waals surface area contributed by atoms with E-state index < -0.39 is 33.1 Å². The van der Waals surface area contributed by atoms with Gasteiger partial charge in [0.25, 0.3) is 11.5 Å². The molecule has 11 nitrogen and oxygen atoms in total. The molecule has 0 fully saturated rings. The number of H-pyrrole nitrogens is 1. The van der Waals surface area contributed by atoms with E-state index in [0.717, 1.165) is 12.1 Å². The molecule has 3 heterocycles. The second-order valence-electron chi connectivity index (χ2n) is 9.73. The molecule has 5 rings (SSSR count). The molecule has 1 amide bonds. The van der Waals surface area contributed by atoms with Crippen LogP contribution in [0.3, 0.4) is 0 Å². The van der Waals surface area contributed by atoms with Gasteiger partial charge in [0.15, 0.2) is 11.6 Å². The van der Waals surface area contributed by atoms with Gasteiger partial charge in [-0.1, -0.05) is 0 Å². The van der Waals surface area contributed by atoms with E-state index >= 15 is 0 Å². The number of sulfonamides is 1. The molecule has 0 saturated heterocycles. The summed E-state index contributed by atoms with van der Waals surface area (Å²) in [5.41, 5.74) is 0.634. The second-order valence-corrected chi connectivity index (χ2v) is 11.7. The number of amides is 1. The summed E-state index contributed by atoms with van der Waals surface area (Å²) >= 11 is 0. The quantitative estimate of drug-likeness (QED) is 0.190. The first kappa shape index (κ1) is 29.5. The lowest BCUT2D eigenvalue weighted by Gasteiger charge is -2.14. The molecule has 5 aromatic rings. The number of hydrogen-bond acceptors (Lipinski definition) is 6. The minimum Gasteiger partial charge on any atom is -0.454 e. The van der Waals surface area contributed by atoms with Gasteiger partial charge in [0.1, 0.15) is 22.8 Å². The smallest absolute Gasteiger partial charge is 0.273 e. The lowest BCUT2D eigenvalue weighted by Crippen LogP contribution is -2.28. The van der Waals surface area contributed by atoms with E-state index in [1.807, 2.05) is 10.8 Å². The third kappa shape index (κ3) is 6.59. The number of imidazole rings is 1. The number of hydrogen-bond donors (Lipinski definition) is 3. The summed E-state index contributed by atoms with van der Waals surface area (Å²) in [5.74, 6) is -2.56. The van der Waals surface area contributed by atoms with E-state index in [2.05, 4.69) is 20.0 Å². The largest absolute Gasteiger partial charge is 0.454 e. The van der Waals surface area contributed by atoms with Crippen LogP contribution in [0.15, 0.2) is 72.2 Å². The van der Waals surface area contributed by atoms with E-state index in [9.17, 15) is 26.8 Å². The van der Waals surface area contributed by atoms with Crippen LogP contribution in [-0.4, -0.2) is 45.7 Å². The van der Waals surface area contributed by atoms with Crippen molar-refractivity contribution in [3.8, 4) is 22.6 Å². The molecule has 43 heavy (non-hydrogen) atoms. The van der Waals surface area contributed by atoms with Gasteiger partial charge in [-0.15, -0.1) is 0 Å². The van der Waals surface area contributed by atoms with Crippen molar-refractivity contribution in [1.29, 1.82) is 0 Å². The standard InChI is InChI=1S/C29H28F2N6O5S/c1-3-43(40,41)35-19-6-8-25(42-26-7-5-18(30)13-23(26)31)20(14-19)22-16-36(2)27-21(22)15-24(34-29(27)39)28(38)33-9-4-11-37-12-10-32-17-37/h5-8,10,12-17,35H,3-4,9,11H2,1-2H3,(H,33,38)(H,34,39). The Bertz CT molecular complexity index is 1970. The Labute approximate surface area is 245 Å². The van der Waals surface area contributed by atoms with E-state index in [-0.39, 0.29) is 34.1 Å². The minimum atomic E-state index is -3.65. The highest BCUT2D eigenvalue weighted by Gasteiger charge is 2.21. The summed E-state index contributed by atoms with van der Waals surface area (Å²) in [6, 6.07) is 8.72. The van der Waals surface area contributed by atoms with Gasteiger partial charge >= 0.3 is 0 Å². The van der Waals surface area contributed by atoms with Crippen molar-refractivity contribution in [3.05, 3.63) is 95.1 Å². The molecule has 0 aliphatic rings. The van der Waals surface area contributed by atoms with Crippen LogP contribution in [0.1, 0.15) is 23.8 Å². The Morgan fingerprint density at radius 1 is 1.09 bits per heavy atom. The molecule has 0 saturated carbocycles. The molecule has 0 atom stereocenters. The number of ether oxygens (including phenoxy) is 1. The van der Waals surface area contributed by atoms with Crippen molar-refractivity contribution < 1.29 is 26.7 Å². The van der Waals surface area contributed by atoms with Crippen LogP contribution in [0, 0.1) is 11.6 Å². The molecule has 0 aliphatic carbocycles. The maximum absolute atomic E-state index is 14.5. The van der Waals surface area contributed by atoms with Crippen LogP contribution in [0.2, 0.25) is 0 Å². The fourth-order valence-corrected chi connectivity index (χ4v) is 5.20. The van der Waals surface area contributed by atoms with Gasteiger partial charge in [-0.3, -0.25) is 14.3 Å². The molecule has 0 aliphatic heterocycles. The third-order valence-electron chi connectivity index (χ3n) is 6.69. The average molecular weight is 611 g/mol. The van der Waals surface area contributed by atoms with Gasteiger partial charge in [0.05, 0.1) is 12.1 Å². The molecule has 0 radical (unpaired) electrons. The fourth-order valence-electron chi connectivity index (χ4n) is 4.57. The van der Waals surface area contributed by atoms with E-state index in [1.165, 1.54) is 31.2 Å². The molecule has 0 spiro atoms. The lowest BCUT2D eigenvalue weighted by molar-refractivity contribution is 0.0947. The number of carbonyl (C=O) groups is 1. The summed E-state index contributed by atoms with van der Waals surface area (Å²) in [7, 11) is -2.01. The maximum Gasteiger partial charge on any atom is 0.273 e. The lowest BCUT2D eigenvalue weighted by atomic mass is 10.0. The van der Waals surface area contributed by atoms with Crippen molar-refractivity contribution in [2.24, 2.45) is 7.05 Å². The fraction of sp³-hybridized carbons (Fsp3) is 0.207. The number of anilines is 1. The molecule has 14 heteroatoms. The number of aromatic nitrogens is 4. The first-order valence-corrected chi connectivity index (χ1v) is 14.9. The summed E-state index contributed by atoms with van der Waals surface area (Å²) in [6.07, 6.45) is 7.40. The molecule has 3 aromatic heterocycles. The summed E-state index contributed by atoms with van der Waals surface area (Å²) in [6.45, 7) is 2.48. The topological polar surface area (TPSA) is 140 Å². The predicted octanol–water partition coefficient (Wildman–Crippen LogP) is 4.38. The molecular weight excluding hydrogens is 582 g/mol. The predicted molar refractivity (Wildman–Crippen MR) is 158 cm³/mol. The number of rotatable bonds is 11. The van der Waals surface area contributed by atoms with Gasteiger partial charge in [-0.2, -0.15) is 0 Å². The summed E-state index contributed by atoms with van der Waals surface area (Å²) in [5, 5.41) is 3.16. The van der Waals surface area contributed by atoms with Gasteiger partial charge in [-0.05, 0) is 49.7 Å². The first-order valence-electron chi connectivity index (χ1n) is 13.3. The zero-order valence-electron chi connectivity index (χ0n) is 23.2. The highest BCUT2D eigenvalue weighted by molar-refractivity contribution is 7.92. The van der Waals surface area contributed by atoms with E-state index in [1.54, 1.807) is 30.3 Å². The average Bonchev–Trinajstić information content (AvgIpc) is 3.61. The number of benzene rings is 2. The Kier molecular flexibility index (Phi) is 8.30. The van der Waals surface area contributed by atoms with Crippen molar-refractivity contribution in [1.82, 2.24) is 24.4 Å². The Morgan fingerprint density at radius 2 is 1.88 bits per heavy atom. The number of nitrogens with zero attached hydrogens (tertiary/aromatic N) is 3. The van der Waals surface area contributed by atoms with Crippen LogP contribution in [-0.2, 0) is 23.6 Å². The summed E-state index contributed by atoms with van der Waals surface area (Å²) in [4.78, 5) is 32.7. The zero-order valence-corrected chi connectivity index (χ0v) is 24.0. The number of nitrogens with one attached hydrogen (secondary N) is 3. The Hall–Kier alpha value is -4.98. The van der Waals surface area contributed by atoms with Crippen LogP contribution >= 0.6 is 0 Å². The monoisotopic (exact) mass is 610 g/mol. The van der Waals surface area contributed by atoms with Crippen LogP contribution in [0.4, 0.5) is 14.5 Å². The Morgan fingerprint density at radius 3 is 2.60 bits per heavy atom. The molecule has 0 unspecified atom stereocenters. The molecule has 3 N–H and O–H groups in total. The highest BCUT2D eigenvalue weighted by atomic mass is 32.2. The third-order valence-corrected chi connectivity index (χ3v) is 8.00. The van der Waals surface area contributed by atoms with E-state index in [4.69, 9.17) is 4.74 Å². The minimum absolute atomic E-state index is 0.0162. The number of aryl methyl sites for hydroxylation is 2. The number of pyridine rings is 1. The molecule has 224 valence electrons. The summed E-state index contributed by atoms with van der Waals surface area (Å²) < 4.78 is 64.4. The van der Waals surface area contributed by atoms with Crippen molar-refractivity contribution >= 4 is 32.5 Å². The van der Waals surface area contributed by atoms with Crippen LogP contribution in [0.25, 0.3) is 22.0 Å². The second kappa shape index (κ2) is 12.1. The number of halogens is 2. The number of carbonyl (C=O) groups excluding carboxylic acids is 1. The van der Waals surface area contributed by atoms with Gasteiger partial charge in [-0.25, -0.2) is 22.2 Å². The molecule has 0 bridgehead atoms. The van der Waals surface area contributed by atoms with Crippen LogP contribution < -0.4 is 20.3 Å².